The number of anilines is 1. The van der Waals surface area contributed by atoms with Crippen LogP contribution in [0.25, 0.3) is 0 Å². The molecule has 0 bridgehead atoms. The molecule has 1 saturated carbocycles. The molecule has 1 atom stereocenters. The van der Waals surface area contributed by atoms with E-state index >= 15 is 0 Å². The van der Waals surface area contributed by atoms with E-state index in [-0.39, 0.29) is 11.4 Å². The van der Waals surface area contributed by atoms with Crippen molar-refractivity contribution in [2.45, 2.75) is 44.2 Å². The first-order chi connectivity index (χ1) is 10.5. The predicted octanol–water partition coefficient (Wildman–Crippen LogP) is 1.58. The third-order valence-corrected chi connectivity index (χ3v) is 4.11. The maximum atomic E-state index is 12.2. The lowest BCUT2D eigenvalue weighted by molar-refractivity contribution is -0.124. The van der Waals surface area contributed by atoms with Crippen LogP contribution in [0, 0.1) is 0 Å². The zero-order valence-electron chi connectivity index (χ0n) is 12.9. The summed E-state index contributed by atoms with van der Waals surface area (Å²) in [4.78, 5) is 24.1. The summed E-state index contributed by atoms with van der Waals surface area (Å²) >= 11 is 0. The molecule has 6 heteroatoms. The van der Waals surface area contributed by atoms with Crippen molar-refractivity contribution in [2.75, 3.05) is 11.9 Å². The van der Waals surface area contributed by atoms with E-state index in [1.807, 2.05) is 18.2 Å². The number of amides is 3. The van der Waals surface area contributed by atoms with Gasteiger partial charge in [0.05, 0.1) is 5.54 Å². The average Bonchev–Trinajstić information content (AvgIpc) is 2.97. The van der Waals surface area contributed by atoms with Crippen molar-refractivity contribution in [3.05, 3.63) is 30.3 Å². The Bertz CT molecular complexity index is 512. The Morgan fingerprint density at radius 1 is 1.23 bits per heavy atom. The van der Waals surface area contributed by atoms with Gasteiger partial charge in [0.15, 0.2) is 0 Å². The molecule has 0 saturated heterocycles. The summed E-state index contributed by atoms with van der Waals surface area (Å²) < 4.78 is 0. The van der Waals surface area contributed by atoms with Gasteiger partial charge < -0.3 is 21.7 Å². The molecule has 0 aliphatic heterocycles. The highest BCUT2D eigenvalue weighted by Crippen LogP contribution is 2.28. The minimum Gasteiger partial charge on any atom is -0.348 e. The van der Waals surface area contributed by atoms with Crippen molar-refractivity contribution in [3.8, 4) is 0 Å². The van der Waals surface area contributed by atoms with Crippen LogP contribution >= 0.6 is 0 Å². The molecule has 1 aliphatic rings. The summed E-state index contributed by atoms with van der Waals surface area (Å²) in [6, 6.07) is 8.08. The monoisotopic (exact) mass is 304 g/mol. The predicted molar refractivity (Wildman–Crippen MR) is 86.5 cm³/mol. The second kappa shape index (κ2) is 7.26. The van der Waals surface area contributed by atoms with Crippen LogP contribution in [0.4, 0.5) is 10.5 Å². The Morgan fingerprint density at radius 3 is 2.45 bits per heavy atom. The molecule has 3 amide bonds. The number of carbonyl (C=O) groups excluding carboxylic acids is 2. The zero-order chi connectivity index (χ0) is 16.0. The number of urea groups is 1. The van der Waals surface area contributed by atoms with E-state index in [4.69, 9.17) is 5.73 Å². The molecular formula is C16H24N4O2. The van der Waals surface area contributed by atoms with Crippen molar-refractivity contribution >= 4 is 17.6 Å². The summed E-state index contributed by atoms with van der Waals surface area (Å²) in [6.07, 6.45) is 3.96. The molecule has 6 nitrogen and oxygen atoms in total. The normalized spacial score (nSPS) is 17.5. The largest absolute Gasteiger partial charge is 0.348 e. The van der Waals surface area contributed by atoms with Crippen LogP contribution in [-0.4, -0.2) is 30.1 Å². The van der Waals surface area contributed by atoms with Gasteiger partial charge in [-0.15, -0.1) is 0 Å². The molecular weight excluding hydrogens is 280 g/mol. The van der Waals surface area contributed by atoms with E-state index in [2.05, 4.69) is 16.0 Å². The van der Waals surface area contributed by atoms with Gasteiger partial charge in [0.25, 0.3) is 0 Å². The van der Waals surface area contributed by atoms with Gasteiger partial charge in [-0.25, -0.2) is 4.79 Å². The summed E-state index contributed by atoms with van der Waals surface area (Å²) in [6.45, 7) is 2.10. The third-order valence-electron chi connectivity index (χ3n) is 4.11. The molecule has 0 aromatic heterocycles. The lowest BCUT2D eigenvalue weighted by Gasteiger charge is -2.30. The lowest BCUT2D eigenvalue weighted by atomic mass is 9.97. The van der Waals surface area contributed by atoms with Gasteiger partial charge in [-0.2, -0.15) is 0 Å². The average molecular weight is 304 g/mol. The summed E-state index contributed by atoms with van der Waals surface area (Å²) in [5.74, 6) is -0.199. The first-order valence-corrected chi connectivity index (χ1v) is 7.69. The molecule has 1 fully saturated rings. The van der Waals surface area contributed by atoms with E-state index < -0.39 is 12.1 Å². The second-order valence-electron chi connectivity index (χ2n) is 5.87. The molecule has 120 valence electrons. The van der Waals surface area contributed by atoms with Gasteiger partial charge in [0.1, 0.15) is 6.04 Å². The molecule has 22 heavy (non-hydrogen) atoms. The quantitative estimate of drug-likeness (QED) is 0.665. The smallest absolute Gasteiger partial charge is 0.319 e. The number of nitrogens with two attached hydrogens (primary N) is 1. The van der Waals surface area contributed by atoms with Crippen LogP contribution in [0.5, 0.6) is 0 Å². The Kier molecular flexibility index (Phi) is 5.38. The highest BCUT2D eigenvalue weighted by Gasteiger charge is 2.35. The molecule has 2 rings (SSSR count). The van der Waals surface area contributed by atoms with Crippen molar-refractivity contribution in [1.29, 1.82) is 0 Å². The Balaban J connectivity index is 1.84. The van der Waals surface area contributed by atoms with Crippen LogP contribution in [0.15, 0.2) is 30.3 Å². The van der Waals surface area contributed by atoms with Gasteiger partial charge in [-0.3, -0.25) is 4.79 Å². The zero-order valence-corrected chi connectivity index (χ0v) is 12.9. The summed E-state index contributed by atoms with van der Waals surface area (Å²) in [5, 5.41) is 8.34. The van der Waals surface area contributed by atoms with E-state index in [1.165, 1.54) is 0 Å². The van der Waals surface area contributed by atoms with Crippen molar-refractivity contribution < 1.29 is 9.59 Å². The molecule has 1 aromatic rings. The molecule has 1 aliphatic carbocycles. The molecule has 1 aromatic carbocycles. The second-order valence-corrected chi connectivity index (χ2v) is 5.87. The molecule has 0 radical (unpaired) electrons. The number of para-hydroxylation sites is 1. The van der Waals surface area contributed by atoms with Crippen LogP contribution in [0.2, 0.25) is 0 Å². The Hall–Kier alpha value is -2.08. The summed E-state index contributed by atoms with van der Waals surface area (Å²) in [5.41, 5.74) is 6.19. The van der Waals surface area contributed by atoms with E-state index in [0.29, 0.717) is 12.2 Å². The molecule has 1 unspecified atom stereocenters. The molecule has 0 heterocycles. The van der Waals surface area contributed by atoms with E-state index in [9.17, 15) is 9.59 Å². The van der Waals surface area contributed by atoms with Crippen LogP contribution in [-0.2, 0) is 4.79 Å². The van der Waals surface area contributed by atoms with Gasteiger partial charge in [0.2, 0.25) is 5.91 Å². The summed E-state index contributed by atoms with van der Waals surface area (Å²) in [7, 11) is 0. The van der Waals surface area contributed by atoms with Gasteiger partial charge in [0, 0.05) is 12.2 Å². The number of hydrogen-bond donors (Lipinski definition) is 4. The number of carbonyl (C=O) groups is 2. The third kappa shape index (κ3) is 4.21. The Labute approximate surface area is 130 Å². The number of rotatable bonds is 5. The van der Waals surface area contributed by atoms with Gasteiger partial charge >= 0.3 is 6.03 Å². The van der Waals surface area contributed by atoms with Crippen LogP contribution < -0.4 is 21.7 Å². The van der Waals surface area contributed by atoms with Gasteiger partial charge in [-0.05, 0) is 31.9 Å². The Morgan fingerprint density at radius 2 is 1.86 bits per heavy atom. The topological polar surface area (TPSA) is 96.2 Å². The van der Waals surface area contributed by atoms with E-state index in [0.717, 1.165) is 25.7 Å². The number of benzene rings is 1. The molecule has 0 spiro atoms. The van der Waals surface area contributed by atoms with Crippen molar-refractivity contribution in [2.24, 2.45) is 5.73 Å². The minimum absolute atomic E-state index is 0.199. The fourth-order valence-electron chi connectivity index (χ4n) is 2.75. The first-order valence-electron chi connectivity index (χ1n) is 7.69. The molecule has 5 N–H and O–H groups in total. The maximum Gasteiger partial charge on any atom is 0.319 e. The number of nitrogens with one attached hydrogen (secondary N) is 3. The fourth-order valence-corrected chi connectivity index (χ4v) is 2.75. The van der Waals surface area contributed by atoms with Gasteiger partial charge in [-0.1, -0.05) is 31.0 Å². The van der Waals surface area contributed by atoms with Crippen molar-refractivity contribution in [3.63, 3.8) is 0 Å². The van der Waals surface area contributed by atoms with Crippen molar-refractivity contribution in [1.82, 2.24) is 10.6 Å². The standard InChI is InChI=1S/C16H24N4O2/c1-12(14(21)20-16(11-17)9-5-6-10-16)18-15(22)19-13-7-3-2-4-8-13/h2-4,7-8,12H,5-6,9-11,17H2,1H3,(H,20,21)(H2,18,19,22). The number of hydrogen-bond acceptors (Lipinski definition) is 3. The van der Waals surface area contributed by atoms with Crippen LogP contribution in [0.1, 0.15) is 32.6 Å². The first kappa shape index (κ1) is 16.3. The van der Waals surface area contributed by atoms with Crippen LogP contribution in [0.3, 0.4) is 0 Å². The SMILES string of the molecule is CC(NC(=O)Nc1ccccc1)C(=O)NC1(CN)CCCC1. The fraction of sp³-hybridized carbons (Fsp3) is 0.500. The van der Waals surface area contributed by atoms with E-state index in [1.54, 1.807) is 19.1 Å². The maximum absolute atomic E-state index is 12.2. The highest BCUT2D eigenvalue weighted by atomic mass is 16.2. The highest BCUT2D eigenvalue weighted by molar-refractivity contribution is 5.93. The lowest BCUT2D eigenvalue weighted by Crippen LogP contribution is -2.57. The minimum atomic E-state index is -0.618.